The van der Waals surface area contributed by atoms with Crippen molar-refractivity contribution in [1.29, 1.82) is 0 Å². The van der Waals surface area contributed by atoms with Crippen LogP contribution in [0.4, 0.5) is 0 Å². The summed E-state index contributed by atoms with van der Waals surface area (Å²) < 4.78 is 1.39. The highest BCUT2D eigenvalue weighted by molar-refractivity contribution is 6.31. The van der Waals surface area contributed by atoms with Crippen molar-refractivity contribution in [1.82, 2.24) is 4.57 Å². The number of Topliss-reactive ketones (excluding diaryl/α,β-unsaturated/α-hetero) is 1. The maximum Gasteiger partial charge on any atom is 0.258 e. The number of nitrogens with zero attached hydrogens (tertiary/aromatic N) is 1. The molecule has 4 heteroatoms. The molecule has 0 spiro atoms. The molecule has 0 amide bonds. The first-order valence-electron chi connectivity index (χ1n) is 4.86. The lowest BCUT2D eigenvalue weighted by Crippen LogP contribution is -2.22. The summed E-state index contributed by atoms with van der Waals surface area (Å²) in [7, 11) is 0. The molecule has 0 aliphatic rings. The number of carbonyl (C=O) groups is 1. The summed E-state index contributed by atoms with van der Waals surface area (Å²) in [6.07, 6.45) is 1.62. The van der Waals surface area contributed by atoms with E-state index in [2.05, 4.69) is 0 Å². The van der Waals surface area contributed by atoms with Crippen LogP contribution in [0.1, 0.15) is 6.92 Å². The minimum absolute atomic E-state index is 0.0523. The maximum absolute atomic E-state index is 12.0. The molecule has 3 nitrogen and oxygen atoms in total. The molecule has 0 aliphatic heterocycles. The second-order valence-electron chi connectivity index (χ2n) is 3.68. The fourth-order valence-corrected chi connectivity index (χ4v) is 1.79. The molecule has 0 fully saturated rings. The number of carbonyl (C=O) groups excluding carboxylic acids is 1. The summed E-state index contributed by atoms with van der Waals surface area (Å²) in [5.74, 6) is -0.0523. The van der Waals surface area contributed by atoms with E-state index in [9.17, 15) is 9.59 Å². The first-order valence-corrected chi connectivity index (χ1v) is 5.24. The monoisotopic (exact) mass is 235 g/mol. The number of hydrogen-bond donors (Lipinski definition) is 0. The molecule has 2 rings (SSSR count). The van der Waals surface area contributed by atoms with Crippen LogP contribution in [0.5, 0.6) is 0 Å². The molecule has 1 heterocycles. The quantitative estimate of drug-likeness (QED) is 0.801. The normalized spacial score (nSPS) is 10.6. The highest BCUT2D eigenvalue weighted by Gasteiger charge is 2.04. The van der Waals surface area contributed by atoms with E-state index >= 15 is 0 Å². The van der Waals surface area contributed by atoms with E-state index < -0.39 is 0 Å². The Morgan fingerprint density at radius 1 is 1.38 bits per heavy atom. The highest BCUT2D eigenvalue weighted by atomic mass is 35.5. The molecule has 0 aliphatic carbocycles. The third kappa shape index (κ3) is 1.99. The Kier molecular flexibility index (Phi) is 2.79. The van der Waals surface area contributed by atoms with Gasteiger partial charge >= 0.3 is 0 Å². The van der Waals surface area contributed by atoms with Gasteiger partial charge in [-0.15, -0.1) is 0 Å². The van der Waals surface area contributed by atoms with Gasteiger partial charge in [0.25, 0.3) is 5.56 Å². The Balaban J connectivity index is 2.68. The standard InChI is InChI=1S/C12H10ClNO2/c1-8(15)7-14-5-4-9-2-3-10(13)6-11(9)12(14)16/h2-6H,7H2,1H3. The number of rotatable bonds is 2. The molecule has 0 saturated carbocycles. The highest BCUT2D eigenvalue weighted by Crippen LogP contribution is 2.15. The van der Waals surface area contributed by atoms with E-state index in [0.717, 1.165) is 5.39 Å². The van der Waals surface area contributed by atoms with Gasteiger partial charge in [0.05, 0.1) is 6.54 Å². The zero-order valence-electron chi connectivity index (χ0n) is 8.74. The molecule has 0 N–H and O–H groups in total. The van der Waals surface area contributed by atoms with Gasteiger partial charge in [-0.1, -0.05) is 17.7 Å². The number of pyridine rings is 1. The summed E-state index contributed by atoms with van der Waals surface area (Å²) in [6, 6.07) is 6.95. The summed E-state index contributed by atoms with van der Waals surface area (Å²) in [5, 5.41) is 1.88. The summed E-state index contributed by atoms with van der Waals surface area (Å²) in [4.78, 5) is 23.0. The van der Waals surface area contributed by atoms with Gasteiger partial charge in [0, 0.05) is 16.6 Å². The Bertz CT molecular complexity index is 616. The van der Waals surface area contributed by atoms with Crippen molar-refractivity contribution in [2.24, 2.45) is 0 Å². The summed E-state index contributed by atoms with van der Waals surface area (Å²) in [5.41, 5.74) is -0.185. The van der Waals surface area contributed by atoms with Crippen molar-refractivity contribution >= 4 is 28.2 Å². The van der Waals surface area contributed by atoms with Crippen LogP contribution in [-0.4, -0.2) is 10.4 Å². The van der Waals surface area contributed by atoms with Gasteiger partial charge in [0.15, 0.2) is 0 Å². The molecule has 16 heavy (non-hydrogen) atoms. The van der Waals surface area contributed by atoms with Crippen LogP contribution >= 0.6 is 11.6 Å². The van der Waals surface area contributed by atoms with E-state index in [4.69, 9.17) is 11.6 Å². The second kappa shape index (κ2) is 4.10. The Labute approximate surface area is 97.3 Å². The average Bonchev–Trinajstić information content (AvgIpc) is 2.22. The van der Waals surface area contributed by atoms with Crippen LogP contribution in [0.15, 0.2) is 35.3 Å². The predicted molar refractivity (Wildman–Crippen MR) is 63.9 cm³/mol. The molecule has 2 aromatic rings. The zero-order valence-corrected chi connectivity index (χ0v) is 9.49. The van der Waals surface area contributed by atoms with E-state index in [0.29, 0.717) is 10.4 Å². The molecule has 0 unspecified atom stereocenters. The lowest BCUT2D eigenvalue weighted by Gasteiger charge is -2.04. The van der Waals surface area contributed by atoms with Crippen LogP contribution in [0, 0.1) is 0 Å². The van der Waals surface area contributed by atoms with Gasteiger partial charge < -0.3 is 4.57 Å². The van der Waals surface area contributed by atoms with Gasteiger partial charge in [-0.3, -0.25) is 9.59 Å². The number of benzene rings is 1. The topological polar surface area (TPSA) is 39.1 Å². The van der Waals surface area contributed by atoms with Gasteiger partial charge in [-0.05, 0) is 30.5 Å². The fraction of sp³-hybridized carbons (Fsp3) is 0.167. The van der Waals surface area contributed by atoms with Gasteiger partial charge in [0.2, 0.25) is 0 Å². The van der Waals surface area contributed by atoms with Gasteiger partial charge in [0.1, 0.15) is 5.78 Å². The van der Waals surface area contributed by atoms with Gasteiger partial charge in [-0.25, -0.2) is 0 Å². The Morgan fingerprint density at radius 3 is 2.81 bits per heavy atom. The van der Waals surface area contributed by atoms with Crippen molar-refractivity contribution in [3.63, 3.8) is 0 Å². The number of aromatic nitrogens is 1. The largest absolute Gasteiger partial charge is 0.308 e. The van der Waals surface area contributed by atoms with E-state index in [1.807, 2.05) is 0 Å². The minimum atomic E-state index is -0.185. The Morgan fingerprint density at radius 2 is 2.12 bits per heavy atom. The molecule has 82 valence electrons. The SMILES string of the molecule is CC(=O)Cn1ccc2ccc(Cl)cc2c1=O. The number of hydrogen-bond acceptors (Lipinski definition) is 2. The third-order valence-electron chi connectivity index (χ3n) is 2.33. The summed E-state index contributed by atoms with van der Waals surface area (Å²) >= 11 is 5.83. The third-order valence-corrected chi connectivity index (χ3v) is 2.57. The predicted octanol–water partition coefficient (Wildman–Crippen LogP) is 2.24. The molecule has 0 bridgehead atoms. The van der Waals surface area contributed by atoms with Crippen LogP contribution in [0.2, 0.25) is 5.02 Å². The molecular weight excluding hydrogens is 226 g/mol. The van der Waals surface area contributed by atoms with E-state index in [-0.39, 0.29) is 17.9 Å². The minimum Gasteiger partial charge on any atom is -0.308 e. The fourth-order valence-electron chi connectivity index (χ4n) is 1.62. The lowest BCUT2D eigenvalue weighted by molar-refractivity contribution is -0.117. The van der Waals surface area contributed by atoms with Gasteiger partial charge in [-0.2, -0.15) is 0 Å². The summed E-state index contributed by atoms with van der Waals surface area (Å²) in [6.45, 7) is 1.55. The molecule has 0 radical (unpaired) electrons. The smallest absolute Gasteiger partial charge is 0.258 e. The van der Waals surface area contributed by atoms with Crippen LogP contribution in [0.25, 0.3) is 10.8 Å². The van der Waals surface area contributed by atoms with Crippen LogP contribution < -0.4 is 5.56 Å². The van der Waals surface area contributed by atoms with Crippen molar-refractivity contribution in [3.8, 4) is 0 Å². The number of ketones is 1. The van der Waals surface area contributed by atoms with Crippen molar-refractivity contribution in [2.75, 3.05) is 0 Å². The first kappa shape index (κ1) is 10.9. The zero-order chi connectivity index (χ0) is 11.7. The number of halogens is 1. The van der Waals surface area contributed by atoms with Crippen molar-refractivity contribution in [3.05, 3.63) is 45.8 Å². The molecule has 0 saturated heterocycles. The van der Waals surface area contributed by atoms with E-state index in [1.165, 1.54) is 11.5 Å². The Hall–Kier alpha value is -1.61. The van der Waals surface area contributed by atoms with E-state index in [1.54, 1.807) is 30.5 Å². The molecular formula is C12H10ClNO2. The molecule has 1 aromatic carbocycles. The number of fused-ring (bicyclic) bond motifs is 1. The van der Waals surface area contributed by atoms with Crippen molar-refractivity contribution in [2.45, 2.75) is 13.5 Å². The van der Waals surface area contributed by atoms with Crippen molar-refractivity contribution < 1.29 is 4.79 Å². The molecule has 0 atom stereocenters. The second-order valence-corrected chi connectivity index (χ2v) is 4.12. The van der Waals surface area contributed by atoms with Crippen LogP contribution in [-0.2, 0) is 11.3 Å². The lowest BCUT2D eigenvalue weighted by atomic mass is 10.2. The molecule has 1 aromatic heterocycles. The first-order chi connectivity index (χ1) is 7.58. The average molecular weight is 236 g/mol. The maximum atomic E-state index is 12.0. The van der Waals surface area contributed by atoms with Crippen LogP contribution in [0.3, 0.4) is 0 Å².